The van der Waals surface area contributed by atoms with E-state index in [1.807, 2.05) is 0 Å². The third kappa shape index (κ3) is 2.74. The number of fused-ring (bicyclic) bond motifs is 1. The van der Waals surface area contributed by atoms with E-state index in [4.69, 9.17) is 5.73 Å². The first kappa shape index (κ1) is 14.7. The Kier molecular flexibility index (Phi) is 3.94. The number of rotatable bonds is 4. The number of hydrogen-bond acceptors (Lipinski definition) is 2. The maximum atomic E-state index is 13.2. The predicted molar refractivity (Wildman–Crippen MR) is 62.9 cm³/mol. The molecule has 0 atom stereocenters. The van der Waals surface area contributed by atoms with Crippen LogP contribution in [0.3, 0.4) is 0 Å². The topological polar surface area (TPSA) is 43.8 Å². The number of aryl methyl sites for hydroxylation is 1. The van der Waals surface area contributed by atoms with E-state index >= 15 is 0 Å². The summed E-state index contributed by atoms with van der Waals surface area (Å²) in [5.74, 6) is -3.58. The van der Waals surface area contributed by atoms with Crippen LogP contribution >= 0.6 is 0 Å². The molecule has 3 nitrogen and oxygen atoms in total. The fourth-order valence-corrected chi connectivity index (χ4v) is 1.98. The van der Waals surface area contributed by atoms with E-state index < -0.39 is 23.6 Å². The van der Waals surface area contributed by atoms with Crippen molar-refractivity contribution in [2.75, 3.05) is 6.54 Å². The molecule has 0 saturated carbocycles. The molecule has 2 rings (SSSR count). The standard InChI is InChI=1S/C12H12F5N3/c13-7-5-9-10(6-8(7)14)20(4-2-1-3-18)11(19-9)12(15,16)17/h5-6H,1-4,18H2. The van der Waals surface area contributed by atoms with Crippen LogP contribution in [0.25, 0.3) is 11.0 Å². The molecular formula is C12H12F5N3. The molecule has 0 unspecified atom stereocenters. The monoisotopic (exact) mass is 293 g/mol. The fraction of sp³-hybridized carbons (Fsp3) is 0.417. The third-order valence-corrected chi connectivity index (χ3v) is 2.88. The quantitative estimate of drug-likeness (QED) is 0.695. The zero-order valence-electron chi connectivity index (χ0n) is 10.3. The van der Waals surface area contributed by atoms with E-state index in [2.05, 4.69) is 4.98 Å². The van der Waals surface area contributed by atoms with Gasteiger partial charge in [0, 0.05) is 18.7 Å². The van der Waals surface area contributed by atoms with Gasteiger partial charge in [0.15, 0.2) is 11.6 Å². The van der Waals surface area contributed by atoms with Gasteiger partial charge in [0.05, 0.1) is 11.0 Å². The molecule has 0 fully saturated rings. The highest BCUT2D eigenvalue weighted by molar-refractivity contribution is 5.76. The van der Waals surface area contributed by atoms with Crippen LogP contribution in [0.15, 0.2) is 12.1 Å². The van der Waals surface area contributed by atoms with E-state index in [9.17, 15) is 22.0 Å². The Bertz CT molecular complexity index is 618. The Morgan fingerprint density at radius 3 is 2.35 bits per heavy atom. The van der Waals surface area contributed by atoms with Crippen LogP contribution in [0.4, 0.5) is 22.0 Å². The van der Waals surface area contributed by atoms with E-state index in [1.165, 1.54) is 0 Å². The molecule has 0 radical (unpaired) electrons. The van der Waals surface area contributed by atoms with Crippen LogP contribution in [-0.2, 0) is 12.7 Å². The molecule has 20 heavy (non-hydrogen) atoms. The zero-order chi connectivity index (χ0) is 14.9. The molecule has 2 aromatic rings. The SMILES string of the molecule is NCCCCn1c(C(F)(F)F)nc2cc(F)c(F)cc21. The largest absolute Gasteiger partial charge is 0.449 e. The summed E-state index contributed by atoms with van der Waals surface area (Å²) in [4.78, 5) is 3.36. The van der Waals surface area contributed by atoms with Crippen molar-refractivity contribution in [3.63, 3.8) is 0 Å². The van der Waals surface area contributed by atoms with Crippen molar-refractivity contribution < 1.29 is 22.0 Å². The maximum absolute atomic E-state index is 13.2. The van der Waals surface area contributed by atoms with Gasteiger partial charge in [-0.3, -0.25) is 0 Å². The molecule has 0 aliphatic rings. The second-order valence-corrected chi connectivity index (χ2v) is 4.34. The van der Waals surface area contributed by atoms with Crippen molar-refractivity contribution in [2.45, 2.75) is 25.6 Å². The van der Waals surface area contributed by atoms with Crippen molar-refractivity contribution in [1.82, 2.24) is 9.55 Å². The number of benzene rings is 1. The first-order valence-corrected chi connectivity index (χ1v) is 5.97. The number of nitrogens with two attached hydrogens (primary N) is 1. The fourth-order valence-electron chi connectivity index (χ4n) is 1.98. The van der Waals surface area contributed by atoms with Gasteiger partial charge in [-0.05, 0) is 19.4 Å². The van der Waals surface area contributed by atoms with Crippen LogP contribution in [0, 0.1) is 11.6 Å². The summed E-state index contributed by atoms with van der Waals surface area (Å²) in [5.41, 5.74) is 5.00. The van der Waals surface area contributed by atoms with Gasteiger partial charge in [0.2, 0.25) is 5.82 Å². The second-order valence-electron chi connectivity index (χ2n) is 4.34. The molecule has 0 saturated heterocycles. The van der Waals surface area contributed by atoms with Crippen LogP contribution in [0.1, 0.15) is 18.7 Å². The number of unbranched alkanes of at least 4 members (excludes halogenated alkanes) is 1. The van der Waals surface area contributed by atoms with Crippen LogP contribution in [0.2, 0.25) is 0 Å². The predicted octanol–water partition coefficient (Wildman–Crippen LogP) is 3.07. The minimum atomic E-state index is -4.69. The van der Waals surface area contributed by atoms with Crippen molar-refractivity contribution in [3.05, 3.63) is 29.6 Å². The second kappa shape index (κ2) is 5.35. The molecular weight excluding hydrogens is 281 g/mol. The van der Waals surface area contributed by atoms with E-state index in [-0.39, 0.29) is 17.6 Å². The first-order chi connectivity index (χ1) is 9.34. The minimum absolute atomic E-state index is 0.00633. The van der Waals surface area contributed by atoms with Crippen molar-refractivity contribution >= 4 is 11.0 Å². The molecule has 0 spiro atoms. The summed E-state index contributed by atoms with van der Waals surface area (Å²) in [6.45, 7) is 0.338. The van der Waals surface area contributed by atoms with Gasteiger partial charge in [0.25, 0.3) is 0 Å². The Labute approximate surface area is 111 Å². The molecule has 0 aliphatic heterocycles. The van der Waals surface area contributed by atoms with Gasteiger partial charge in [-0.25, -0.2) is 13.8 Å². The summed E-state index contributed by atoms with van der Waals surface area (Å²) < 4.78 is 65.8. The molecule has 8 heteroatoms. The molecule has 1 aromatic heterocycles. The lowest BCUT2D eigenvalue weighted by Crippen LogP contribution is -2.15. The van der Waals surface area contributed by atoms with Crippen LogP contribution < -0.4 is 5.73 Å². The Morgan fingerprint density at radius 2 is 1.75 bits per heavy atom. The minimum Gasteiger partial charge on any atom is -0.330 e. The highest BCUT2D eigenvalue weighted by Gasteiger charge is 2.37. The lowest BCUT2D eigenvalue weighted by molar-refractivity contribution is -0.146. The van der Waals surface area contributed by atoms with Crippen LogP contribution in [-0.4, -0.2) is 16.1 Å². The number of imidazole rings is 1. The van der Waals surface area contributed by atoms with Gasteiger partial charge in [-0.2, -0.15) is 13.2 Å². The van der Waals surface area contributed by atoms with Crippen LogP contribution in [0.5, 0.6) is 0 Å². The summed E-state index contributed by atoms with van der Waals surface area (Å²) in [6, 6.07) is 1.40. The Morgan fingerprint density at radius 1 is 1.10 bits per heavy atom. The van der Waals surface area contributed by atoms with Gasteiger partial charge in [-0.1, -0.05) is 0 Å². The van der Waals surface area contributed by atoms with Crippen molar-refractivity contribution in [2.24, 2.45) is 5.73 Å². The molecule has 0 bridgehead atoms. The lowest BCUT2D eigenvalue weighted by Gasteiger charge is -2.11. The highest BCUT2D eigenvalue weighted by atomic mass is 19.4. The number of halogens is 5. The number of alkyl halides is 3. The molecule has 1 heterocycles. The van der Waals surface area contributed by atoms with Gasteiger partial charge in [-0.15, -0.1) is 0 Å². The highest BCUT2D eigenvalue weighted by Crippen LogP contribution is 2.32. The maximum Gasteiger partial charge on any atom is 0.449 e. The normalized spacial score (nSPS) is 12.3. The zero-order valence-corrected chi connectivity index (χ0v) is 10.3. The third-order valence-electron chi connectivity index (χ3n) is 2.88. The molecule has 110 valence electrons. The summed E-state index contributed by atoms with van der Waals surface area (Å²) in [5, 5.41) is 0. The van der Waals surface area contributed by atoms with Gasteiger partial charge in [0.1, 0.15) is 0 Å². The smallest absolute Gasteiger partial charge is 0.330 e. The van der Waals surface area contributed by atoms with Gasteiger partial charge < -0.3 is 10.3 Å². The molecule has 2 N–H and O–H groups in total. The average Bonchev–Trinajstić information content (AvgIpc) is 2.69. The lowest BCUT2D eigenvalue weighted by atomic mass is 10.2. The molecule has 0 amide bonds. The molecule has 1 aromatic carbocycles. The van der Waals surface area contributed by atoms with E-state index in [0.29, 0.717) is 25.5 Å². The Hall–Kier alpha value is -1.70. The molecule has 0 aliphatic carbocycles. The number of aromatic nitrogens is 2. The van der Waals surface area contributed by atoms with Gasteiger partial charge >= 0.3 is 6.18 Å². The summed E-state index contributed by atoms with van der Waals surface area (Å²) in [6.07, 6.45) is -3.76. The first-order valence-electron chi connectivity index (χ1n) is 5.97. The number of nitrogens with zero attached hydrogens (tertiary/aromatic N) is 2. The summed E-state index contributed by atoms with van der Waals surface area (Å²) in [7, 11) is 0. The van der Waals surface area contributed by atoms with E-state index in [1.54, 1.807) is 0 Å². The average molecular weight is 293 g/mol. The van der Waals surface area contributed by atoms with E-state index in [0.717, 1.165) is 10.6 Å². The number of hydrogen-bond donors (Lipinski definition) is 1. The van der Waals surface area contributed by atoms with Crippen molar-refractivity contribution in [3.8, 4) is 0 Å². The van der Waals surface area contributed by atoms with Crippen molar-refractivity contribution in [1.29, 1.82) is 0 Å². The summed E-state index contributed by atoms with van der Waals surface area (Å²) >= 11 is 0. The Balaban J connectivity index is 2.56.